The number of aliphatic hydroxyl groups is 1. The molecule has 0 radical (unpaired) electrons. The van der Waals surface area contributed by atoms with Crippen LogP contribution >= 0.6 is 11.6 Å². The van der Waals surface area contributed by atoms with Crippen molar-refractivity contribution >= 4 is 11.6 Å². The highest BCUT2D eigenvalue weighted by Gasteiger charge is 2.25. The molecule has 0 amide bonds. The van der Waals surface area contributed by atoms with Gasteiger partial charge >= 0.3 is 0 Å². The van der Waals surface area contributed by atoms with Gasteiger partial charge in [0.1, 0.15) is 6.10 Å². The molecule has 3 heteroatoms. The first kappa shape index (κ1) is 12.6. The zero-order chi connectivity index (χ0) is 13.2. The molecule has 98 valence electrons. The van der Waals surface area contributed by atoms with E-state index in [2.05, 4.69) is 11.1 Å². The minimum Gasteiger partial charge on any atom is -0.382 e. The molecule has 0 bridgehead atoms. The second kappa shape index (κ2) is 5.32. The Bertz CT molecular complexity index is 580. The summed E-state index contributed by atoms with van der Waals surface area (Å²) in [5, 5.41) is 11.1. The minimum atomic E-state index is -0.745. The number of aromatic nitrogens is 1. The number of aliphatic hydroxyl groups excluding tert-OH is 1. The van der Waals surface area contributed by atoms with Gasteiger partial charge < -0.3 is 5.11 Å². The lowest BCUT2D eigenvalue weighted by Gasteiger charge is -2.29. The van der Waals surface area contributed by atoms with Gasteiger partial charge in [-0.1, -0.05) is 42.3 Å². The summed E-state index contributed by atoms with van der Waals surface area (Å²) >= 11 is 6.13. The molecule has 1 saturated carbocycles. The monoisotopic (exact) mass is 273 g/mol. The highest BCUT2D eigenvalue weighted by molar-refractivity contribution is 6.31. The van der Waals surface area contributed by atoms with E-state index >= 15 is 0 Å². The third-order valence-electron chi connectivity index (χ3n) is 3.88. The molecule has 1 aromatic heterocycles. The van der Waals surface area contributed by atoms with Crippen molar-refractivity contribution in [2.45, 2.75) is 31.3 Å². The average Bonchev–Trinajstić information content (AvgIpc) is 2.37. The number of hydrogen-bond donors (Lipinski definition) is 1. The molecule has 1 aliphatic carbocycles. The minimum absolute atomic E-state index is 0.512. The molecule has 2 aromatic rings. The smallest absolute Gasteiger partial charge is 0.123 e. The number of pyridine rings is 1. The van der Waals surface area contributed by atoms with E-state index in [0.29, 0.717) is 16.6 Å². The van der Waals surface area contributed by atoms with Crippen LogP contribution in [0.5, 0.6) is 0 Å². The topological polar surface area (TPSA) is 33.1 Å². The van der Waals surface area contributed by atoms with Crippen LogP contribution in [-0.4, -0.2) is 10.1 Å². The molecule has 0 saturated heterocycles. The predicted octanol–water partition coefficient (Wildman–Crippen LogP) is 4.08. The van der Waals surface area contributed by atoms with Crippen LogP contribution in [-0.2, 0) is 0 Å². The third-order valence-corrected chi connectivity index (χ3v) is 4.20. The van der Waals surface area contributed by atoms with Crippen molar-refractivity contribution in [3.63, 3.8) is 0 Å². The Hall–Kier alpha value is -1.38. The van der Waals surface area contributed by atoms with Crippen LogP contribution in [0.2, 0.25) is 5.02 Å². The fourth-order valence-corrected chi connectivity index (χ4v) is 2.82. The van der Waals surface area contributed by atoms with Crippen LogP contribution in [0, 0.1) is 0 Å². The van der Waals surface area contributed by atoms with Gasteiger partial charge in [0.2, 0.25) is 0 Å². The van der Waals surface area contributed by atoms with Crippen molar-refractivity contribution in [3.05, 3.63) is 64.4 Å². The molecule has 0 aliphatic heterocycles. The molecule has 1 aromatic carbocycles. The third kappa shape index (κ3) is 2.38. The molecule has 1 fully saturated rings. The Morgan fingerprint density at radius 2 is 1.95 bits per heavy atom. The number of rotatable bonds is 3. The normalized spacial score (nSPS) is 16.9. The van der Waals surface area contributed by atoms with Gasteiger partial charge in [0.15, 0.2) is 0 Å². The predicted molar refractivity (Wildman–Crippen MR) is 76.3 cm³/mol. The van der Waals surface area contributed by atoms with Crippen LogP contribution in [0.4, 0.5) is 0 Å². The van der Waals surface area contributed by atoms with Crippen LogP contribution in [0.15, 0.2) is 42.6 Å². The van der Waals surface area contributed by atoms with E-state index in [1.807, 2.05) is 18.2 Å². The first-order valence-corrected chi connectivity index (χ1v) is 7.02. The molecular weight excluding hydrogens is 258 g/mol. The fraction of sp³-hybridized carbons (Fsp3) is 0.312. The van der Waals surface area contributed by atoms with E-state index in [-0.39, 0.29) is 0 Å². The highest BCUT2D eigenvalue weighted by Crippen LogP contribution is 2.40. The van der Waals surface area contributed by atoms with Gasteiger partial charge in [-0.2, -0.15) is 0 Å². The first-order valence-electron chi connectivity index (χ1n) is 6.64. The summed E-state index contributed by atoms with van der Waals surface area (Å²) in [5.41, 5.74) is 2.71. The Morgan fingerprint density at radius 3 is 2.63 bits per heavy atom. The zero-order valence-corrected chi connectivity index (χ0v) is 11.3. The van der Waals surface area contributed by atoms with Crippen molar-refractivity contribution in [1.82, 2.24) is 4.98 Å². The van der Waals surface area contributed by atoms with Crippen LogP contribution in [0.3, 0.4) is 0 Å². The maximum absolute atomic E-state index is 10.6. The van der Waals surface area contributed by atoms with E-state index in [1.165, 1.54) is 24.8 Å². The van der Waals surface area contributed by atoms with E-state index in [4.69, 9.17) is 11.6 Å². The summed E-state index contributed by atoms with van der Waals surface area (Å²) in [5.74, 6) is 0.577. The summed E-state index contributed by atoms with van der Waals surface area (Å²) in [6.45, 7) is 0. The standard InChI is InChI=1S/C16H16ClNO/c17-14-9-4-10-18-15(14)16(19)13-8-2-1-7-12(13)11-5-3-6-11/h1-2,4,7-11,16,19H,3,5-6H2. The molecule has 19 heavy (non-hydrogen) atoms. The average molecular weight is 274 g/mol. The Labute approximate surface area is 118 Å². The van der Waals surface area contributed by atoms with Gasteiger partial charge in [-0.05, 0) is 42.0 Å². The molecule has 1 aliphatic rings. The van der Waals surface area contributed by atoms with Crippen molar-refractivity contribution < 1.29 is 5.11 Å². The molecule has 3 rings (SSSR count). The lowest BCUT2D eigenvalue weighted by Crippen LogP contribution is -2.14. The summed E-state index contributed by atoms with van der Waals surface area (Å²) in [6, 6.07) is 11.6. The summed E-state index contributed by atoms with van der Waals surface area (Å²) < 4.78 is 0. The Kier molecular flexibility index (Phi) is 3.54. The lowest BCUT2D eigenvalue weighted by molar-refractivity contribution is 0.212. The van der Waals surface area contributed by atoms with Crippen LogP contribution in [0.1, 0.15) is 48.1 Å². The van der Waals surface area contributed by atoms with Crippen molar-refractivity contribution in [2.24, 2.45) is 0 Å². The van der Waals surface area contributed by atoms with E-state index in [1.54, 1.807) is 18.3 Å². The van der Waals surface area contributed by atoms with Crippen molar-refractivity contribution in [2.75, 3.05) is 0 Å². The summed E-state index contributed by atoms with van der Waals surface area (Å²) in [7, 11) is 0. The summed E-state index contributed by atoms with van der Waals surface area (Å²) in [4.78, 5) is 4.22. The van der Waals surface area contributed by atoms with E-state index < -0.39 is 6.10 Å². The SMILES string of the molecule is OC(c1ccccc1C1CCC1)c1ncccc1Cl. The Balaban J connectivity index is 2.00. The van der Waals surface area contributed by atoms with Gasteiger partial charge in [-0.3, -0.25) is 4.98 Å². The molecule has 1 atom stereocenters. The van der Waals surface area contributed by atoms with Crippen LogP contribution < -0.4 is 0 Å². The fourth-order valence-electron chi connectivity index (χ4n) is 2.60. The lowest BCUT2D eigenvalue weighted by atomic mass is 9.77. The van der Waals surface area contributed by atoms with Gasteiger partial charge in [-0.15, -0.1) is 0 Å². The molecule has 0 spiro atoms. The molecule has 1 unspecified atom stereocenters. The molecule has 1 N–H and O–H groups in total. The highest BCUT2D eigenvalue weighted by atomic mass is 35.5. The van der Waals surface area contributed by atoms with Gasteiger partial charge in [-0.25, -0.2) is 0 Å². The Morgan fingerprint density at radius 1 is 1.16 bits per heavy atom. The molecule has 1 heterocycles. The summed E-state index contributed by atoms with van der Waals surface area (Å²) in [6.07, 6.45) is 4.61. The molecule has 2 nitrogen and oxygen atoms in total. The number of nitrogens with zero attached hydrogens (tertiary/aromatic N) is 1. The number of benzene rings is 1. The first-order chi connectivity index (χ1) is 9.27. The van der Waals surface area contributed by atoms with Crippen molar-refractivity contribution in [1.29, 1.82) is 0 Å². The van der Waals surface area contributed by atoms with Gasteiger partial charge in [0, 0.05) is 6.20 Å². The second-order valence-electron chi connectivity index (χ2n) is 5.03. The number of hydrogen-bond acceptors (Lipinski definition) is 2. The maximum Gasteiger partial charge on any atom is 0.123 e. The van der Waals surface area contributed by atoms with Gasteiger partial charge in [0.05, 0.1) is 10.7 Å². The van der Waals surface area contributed by atoms with Crippen LogP contribution in [0.25, 0.3) is 0 Å². The maximum atomic E-state index is 10.6. The van der Waals surface area contributed by atoms with Gasteiger partial charge in [0.25, 0.3) is 0 Å². The van der Waals surface area contributed by atoms with E-state index in [9.17, 15) is 5.11 Å². The van der Waals surface area contributed by atoms with Crippen molar-refractivity contribution in [3.8, 4) is 0 Å². The largest absolute Gasteiger partial charge is 0.382 e. The zero-order valence-electron chi connectivity index (χ0n) is 10.6. The molecular formula is C16H16ClNO. The number of halogens is 1. The second-order valence-corrected chi connectivity index (χ2v) is 5.44. The quantitative estimate of drug-likeness (QED) is 0.914. The van der Waals surface area contributed by atoms with E-state index in [0.717, 1.165) is 5.56 Å².